The molecule has 1 heterocycles. The van der Waals surface area contributed by atoms with Gasteiger partial charge in [-0.2, -0.15) is 5.10 Å². The number of nitrogens with one attached hydrogen (secondary N) is 2. The predicted molar refractivity (Wildman–Crippen MR) is 111 cm³/mol. The number of fused-ring (bicyclic) bond motifs is 1. The molecule has 1 aromatic heterocycles. The minimum Gasteiger partial charge on any atom is -0.392 e. The van der Waals surface area contributed by atoms with Crippen molar-refractivity contribution >= 4 is 28.2 Å². The van der Waals surface area contributed by atoms with Crippen LogP contribution in [-0.4, -0.2) is 28.5 Å². The molecule has 2 atom stereocenters. The van der Waals surface area contributed by atoms with Crippen molar-refractivity contribution in [2.75, 3.05) is 12.4 Å². The molecule has 3 N–H and O–H groups in total. The number of hydrogen-bond acceptors (Lipinski definition) is 3. The fourth-order valence-electron chi connectivity index (χ4n) is 3.60. The van der Waals surface area contributed by atoms with Gasteiger partial charge in [0.05, 0.1) is 22.9 Å². The molecular weight excluding hydrogens is 346 g/mol. The number of para-hydroxylation sites is 1. The summed E-state index contributed by atoms with van der Waals surface area (Å²) in [5, 5.41) is 23.3. The molecule has 0 bridgehead atoms. The van der Waals surface area contributed by atoms with Gasteiger partial charge < -0.3 is 10.4 Å². The lowest BCUT2D eigenvalue weighted by molar-refractivity contribution is 0.115. The van der Waals surface area contributed by atoms with Gasteiger partial charge in [0, 0.05) is 17.5 Å². The Kier molecular flexibility index (Phi) is 6.68. The molecule has 0 spiro atoms. The summed E-state index contributed by atoms with van der Waals surface area (Å²) in [6, 6.07) is 13.7. The van der Waals surface area contributed by atoms with E-state index in [-0.39, 0.29) is 0 Å². The van der Waals surface area contributed by atoms with Crippen LogP contribution in [0.2, 0.25) is 5.02 Å². The summed E-state index contributed by atoms with van der Waals surface area (Å²) in [4.78, 5) is 0. The van der Waals surface area contributed by atoms with Crippen molar-refractivity contribution in [3.63, 3.8) is 0 Å². The smallest absolute Gasteiger partial charge is 0.115 e. The maximum absolute atomic E-state index is 10.7. The van der Waals surface area contributed by atoms with Gasteiger partial charge in [-0.1, -0.05) is 56.6 Å². The zero-order valence-corrected chi connectivity index (χ0v) is 16.9. The molecule has 0 radical (unpaired) electrons. The lowest BCUT2D eigenvalue weighted by Gasteiger charge is -2.35. The Morgan fingerprint density at radius 3 is 2.38 bits per heavy atom. The molecule has 140 valence electrons. The SMILES string of the molecule is CC.CCC(c1ccc(Cl)cc1)(c1[nH]nc2c(NC)cccc12)C(C)O. The highest BCUT2D eigenvalue weighted by molar-refractivity contribution is 6.30. The van der Waals surface area contributed by atoms with Crippen molar-refractivity contribution in [3.05, 3.63) is 58.7 Å². The Hall–Kier alpha value is -2.04. The first-order chi connectivity index (χ1) is 12.5. The van der Waals surface area contributed by atoms with Crippen LogP contribution in [0.3, 0.4) is 0 Å². The van der Waals surface area contributed by atoms with E-state index >= 15 is 0 Å². The third-order valence-corrected chi connectivity index (χ3v) is 5.18. The average Bonchev–Trinajstić information content (AvgIpc) is 3.10. The highest BCUT2D eigenvalue weighted by atomic mass is 35.5. The summed E-state index contributed by atoms with van der Waals surface area (Å²) < 4.78 is 0. The third kappa shape index (κ3) is 3.31. The Labute approximate surface area is 160 Å². The largest absolute Gasteiger partial charge is 0.392 e. The van der Waals surface area contributed by atoms with Crippen molar-refractivity contribution in [2.24, 2.45) is 0 Å². The van der Waals surface area contributed by atoms with Gasteiger partial charge in [-0.15, -0.1) is 0 Å². The van der Waals surface area contributed by atoms with E-state index in [4.69, 9.17) is 11.6 Å². The molecular formula is C21H28ClN3O. The number of nitrogens with zero attached hydrogens (tertiary/aromatic N) is 1. The molecule has 5 heteroatoms. The summed E-state index contributed by atoms with van der Waals surface area (Å²) in [6.07, 6.45) is 0.137. The van der Waals surface area contributed by atoms with Crippen LogP contribution in [0.1, 0.15) is 45.4 Å². The number of aromatic amines is 1. The van der Waals surface area contributed by atoms with Crippen LogP contribution in [-0.2, 0) is 5.41 Å². The number of aliphatic hydroxyl groups is 1. The van der Waals surface area contributed by atoms with Gasteiger partial charge in [0.15, 0.2) is 0 Å². The van der Waals surface area contributed by atoms with Crippen LogP contribution < -0.4 is 5.32 Å². The van der Waals surface area contributed by atoms with Crippen LogP contribution in [0.15, 0.2) is 42.5 Å². The zero-order chi connectivity index (χ0) is 19.3. The van der Waals surface area contributed by atoms with E-state index in [1.165, 1.54) is 0 Å². The molecule has 4 nitrogen and oxygen atoms in total. The summed E-state index contributed by atoms with van der Waals surface area (Å²) in [7, 11) is 1.88. The molecule has 0 aliphatic heterocycles. The van der Waals surface area contributed by atoms with E-state index in [2.05, 4.69) is 22.4 Å². The lowest BCUT2D eigenvalue weighted by Crippen LogP contribution is -2.39. The molecule has 0 saturated carbocycles. The number of aliphatic hydroxyl groups excluding tert-OH is 1. The number of hydrogen-bond donors (Lipinski definition) is 3. The first kappa shape index (κ1) is 20.3. The maximum atomic E-state index is 10.7. The number of benzene rings is 2. The van der Waals surface area contributed by atoms with Crippen molar-refractivity contribution in [3.8, 4) is 0 Å². The van der Waals surface area contributed by atoms with Crippen molar-refractivity contribution < 1.29 is 5.11 Å². The van der Waals surface area contributed by atoms with Gasteiger partial charge in [-0.05, 0) is 37.1 Å². The molecule has 3 aromatic rings. The Morgan fingerprint density at radius 1 is 1.19 bits per heavy atom. The van der Waals surface area contributed by atoms with E-state index in [9.17, 15) is 5.11 Å². The maximum Gasteiger partial charge on any atom is 0.115 e. The van der Waals surface area contributed by atoms with Crippen molar-refractivity contribution in [1.29, 1.82) is 0 Å². The molecule has 0 amide bonds. The average molecular weight is 374 g/mol. The van der Waals surface area contributed by atoms with Gasteiger partial charge in [-0.3, -0.25) is 5.10 Å². The Balaban J connectivity index is 0.00000117. The summed E-state index contributed by atoms with van der Waals surface area (Å²) in [5.41, 5.74) is 3.20. The number of H-pyrrole nitrogens is 1. The molecule has 2 unspecified atom stereocenters. The molecule has 0 aliphatic rings. The van der Waals surface area contributed by atoms with E-state index in [1.54, 1.807) is 0 Å². The molecule has 26 heavy (non-hydrogen) atoms. The number of anilines is 1. The third-order valence-electron chi connectivity index (χ3n) is 4.93. The Bertz CT molecular complexity index is 842. The summed E-state index contributed by atoms with van der Waals surface area (Å²) >= 11 is 6.05. The summed E-state index contributed by atoms with van der Waals surface area (Å²) in [5.74, 6) is 0. The minimum atomic E-state index is -0.592. The number of rotatable bonds is 5. The van der Waals surface area contributed by atoms with Gasteiger partial charge >= 0.3 is 0 Å². The first-order valence-corrected chi connectivity index (χ1v) is 9.51. The quantitative estimate of drug-likeness (QED) is 0.564. The van der Waals surface area contributed by atoms with Gasteiger partial charge in [0.25, 0.3) is 0 Å². The second-order valence-electron chi connectivity index (χ2n) is 6.06. The molecule has 0 aliphatic carbocycles. The number of aromatic nitrogens is 2. The van der Waals surface area contributed by atoms with Crippen LogP contribution in [0.5, 0.6) is 0 Å². The lowest BCUT2D eigenvalue weighted by atomic mass is 9.70. The van der Waals surface area contributed by atoms with E-state index in [0.29, 0.717) is 5.02 Å². The number of halogens is 1. The molecule has 0 fully saturated rings. The fraction of sp³-hybridized carbons (Fsp3) is 0.381. The van der Waals surface area contributed by atoms with Crippen LogP contribution >= 0.6 is 11.6 Å². The van der Waals surface area contributed by atoms with Crippen LogP contribution in [0.25, 0.3) is 10.9 Å². The highest BCUT2D eigenvalue weighted by Gasteiger charge is 2.40. The van der Waals surface area contributed by atoms with Gasteiger partial charge in [-0.25, -0.2) is 0 Å². The fourth-order valence-corrected chi connectivity index (χ4v) is 3.72. The predicted octanol–water partition coefficient (Wildman–Crippen LogP) is 5.36. The standard InChI is InChI=1S/C19H22ClN3O.C2H6/c1-4-19(12(2)24,13-8-10-14(20)11-9-13)18-15-6-5-7-16(21-3)17(15)22-23-18;1-2/h5-12,21,24H,4H2,1-3H3,(H,22,23);1-2H3. The van der Waals surface area contributed by atoms with Gasteiger partial charge in [0.1, 0.15) is 5.52 Å². The molecule has 3 rings (SSSR count). The van der Waals surface area contributed by atoms with Crippen molar-refractivity contribution in [2.45, 2.75) is 45.6 Å². The Morgan fingerprint density at radius 2 is 1.85 bits per heavy atom. The first-order valence-electron chi connectivity index (χ1n) is 9.14. The van der Waals surface area contributed by atoms with Crippen molar-refractivity contribution in [1.82, 2.24) is 10.2 Å². The minimum absolute atomic E-state index is 0.578. The summed E-state index contributed by atoms with van der Waals surface area (Å²) in [6.45, 7) is 7.91. The van der Waals surface area contributed by atoms with E-state index in [1.807, 2.05) is 70.3 Å². The topological polar surface area (TPSA) is 60.9 Å². The van der Waals surface area contributed by atoms with Crippen LogP contribution in [0.4, 0.5) is 5.69 Å². The van der Waals surface area contributed by atoms with Gasteiger partial charge in [0.2, 0.25) is 0 Å². The van der Waals surface area contributed by atoms with E-state index in [0.717, 1.165) is 34.3 Å². The normalized spacial score (nSPS) is 14.3. The van der Waals surface area contributed by atoms with Crippen LogP contribution in [0, 0.1) is 0 Å². The second kappa shape index (κ2) is 8.56. The second-order valence-corrected chi connectivity index (χ2v) is 6.49. The molecule has 0 saturated heterocycles. The van der Waals surface area contributed by atoms with E-state index < -0.39 is 11.5 Å². The monoisotopic (exact) mass is 373 g/mol. The molecule has 2 aromatic carbocycles. The highest BCUT2D eigenvalue weighted by Crippen LogP contribution is 2.42. The zero-order valence-electron chi connectivity index (χ0n) is 16.1.